The summed E-state index contributed by atoms with van der Waals surface area (Å²) in [6, 6.07) is 11.9. The van der Waals surface area contributed by atoms with Gasteiger partial charge in [-0.15, -0.1) is 13.2 Å². The summed E-state index contributed by atoms with van der Waals surface area (Å²) < 4.78 is 210. The van der Waals surface area contributed by atoms with Gasteiger partial charge in [-0.3, -0.25) is 0 Å². The quantitative estimate of drug-likeness (QED) is 0.117. The number of halogens is 12. The molecule has 0 radical (unpaired) electrons. The maximum atomic E-state index is 14.3. The van der Waals surface area contributed by atoms with Crippen molar-refractivity contribution >= 4 is 19.5 Å². The second kappa shape index (κ2) is 17.8. The third kappa shape index (κ3) is 9.40. The average Bonchev–Trinajstić information content (AvgIpc) is 3.60. The van der Waals surface area contributed by atoms with E-state index in [1.165, 1.54) is 0 Å². The van der Waals surface area contributed by atoms with E-state index in [2.05, 4.69) is 21.9 Å². The van der Waals surface area contributed by atoms with Crippen molar-refractivity contribution in [1.82, 2.24) is 0 Å². The van der Waals surface area contributed by atoms with Crippen LogP contribution in [0.1, 0.15) is 45.6 Å². The van der Waals surface area contributed by atoms with E-state index in [9.17, 15) is 71.3 Å². The minimum absolute atomic E-state index is 0.151. The normalized spacial score (nSPS) is 18.9. The molecule has 4 aromatic carbocycles. The molecule has 0 spiro atoms. The molecular formula is C40H28F12N4O6S2. The van der Waals surface area contributed by atoms with Crippen LogP contribution in [0.15, 0.2) is 104 Å². The maximum absolute atomic E-state index is 14.3. The highest BCUT2D eigenvalue weighted by molar-refractivity contribution is 7.94. The van der Waals surface area contributed by atoms with Gasteiger partial charge in [-0.2, -0.15) is 36.9 Å². The molecule has 0 saturated carbocycles. The summed E-state index contributed by atoms with van der Waals surface area (Å²) in [5, 5.41) is 38.0. The first-order valence-corrected chi connectivity index (χ1v) is 20.7. The zero-order valence-corrected chi connectivity index (χ0v) is 33.6. The van der Waals surface area contributed by atoms with E-state index < -0.39 is 136 Å². The second-order valence-electron chi connectivity index (χ2n) is 13.5. The van der Waals surface area contributed by atoms with Gasteiger partial charge in [0, 0.05) is 47.2 Å². The molecule has 2 unspecified atom stereocenters. The number of aliphatic hydroxyl groups is 2. The summed E-state index contributed by atoms with van der Waals surface area (Å²) in [6.07, 6.45) is -5.96. The van der Waals surface area contributed by atoms with Crippen molar-refractivity contribution in [3.8, 4) is 35.1 Å². The largest absolute Gasteiger partial charge is 0.483 e. The molecule has 64 heavy (non-hydrogen) atoms. The van der Waals surface area contributed by atoms with E-state index in [-0.39, 0.29) is 22.6 Å². The standard InChI is InChI=1S/2C20H14F6N2O3S/c2*1-2-5-28-32(30,20(24,25)26)16-4-3-15(14-9-19(22,23)18(29)17(14)16)31-13-7-11(10-27)6-12(21)8-13/h2*2-4,6-8,18,29H,1,5,9H2/t2*18-,32?/m00/s1. The predicted octanol–water partition coefficient (Wildman–Crippen LogP) is 10.5. The Hall–Kier alpha value is -6.08. The zero-order valence-electron chi connectivity index (χ0n) is 32.0. The van der Waals surface area contributed by atoms with Crippen LogP contribution in [0, 0.1) is 34.3 Å². The summed E-state index contributed by atoms with van der Waals surface area (Å²) in [5.41, 5.74) is -14.1. The Bertz CT molecular complexity index is 2680. The summed E-state index contributed by atoms with van der Waals surface area (Å²) >= 11 is 0. The molecule has 10 nitrogen and oxygen atoms in total. The molecule has 0 aliphatic heterocycles. The third-order valence-corrected chi connectivity index (χ3v) is 13.4. The lowest BCUT2D eigenvalue weighted by molar-refractivity contribution is -0.0979. The molecule has 0 heterocycles. The van der Waals surface area contributed by atoms with E-state index in [0.29, 0.717) is 12.1 Å². The van der Waals surface area contributed by atoms with E-state index in [4.69, 9.17) is 20.0 Å². The summed E-state index contributed by atoms with van der Waals surface area (Å²) in [5.74, 6) is -10.9. The number of hydrogen-bond donors (Lipinski definition) is 2. The molecule has 0 fully saturated rings. The van der Waals surface area contributed by atoms with Crippen molar-refractivity contribution < 1.29 is 80.8 Å². The Morgan fingerprint density at radius 2 is 1.02 bits per heavy atom. The topological polar surface area (TPSA) is 165 Å². The fourth-order valence-corrected chi connectivity index (χ4v) is 9.72. The average molecular weight is 953 g/mol. The van der Waals surface area contributed by atoms with Crippen LogP contribution in [0.25, 0.3) is 0 Å². The van der Waals surface area contributed by atoms with Gasteiger partial charge in [0.25, 0.3) is 11.8 Å². The van der Waals surface area contributed by atoms with Gasteiger partial charge in [0.15, 0.2) is 19.5 Å². The smallest absolute Gasteiger partial charge is 0.457 e. The van der Waals surface area contributed by atoms with Crippen molar-refractivity contribution in [2.75, 3.05) is 13.1 Å². The number of alkyl halides is 10. The van der Waals surface area contributed by atoms with Gasteiger partial charge in [-0.25, -0.2) is 43.5 Å². The van der Waals surface area contributed by atoms with Crippen molar-refractivity contribution in [2.24, 2.45) is 8.73 Å². The van der Waals surface area contributed by atoms with Crippen LogP contribution in [0.5, 0.6) is 23.0 Å². The van der Waals surface area contributed by atoms with Gasteiger partial charge in [-0.05, 0) is 48.5 Å². The van der Waals surface area contributed by atoms with Crippen LogP contribution >= 0.6 is 0 Å². The first-order chi connectivity index (χ1) is 29.7. The Balaban J connectivity index is 0.000000241. The molecule has 24 heteroatoms. The predicted molar refractivity (Wildman–Crippen MR) is 202 cm³/mol. The minimum atomic E-state index is -5.44. The maximum Gasteiger partial charge on any atom is 0.483 e. The van der Waals surface area contributed by atoms with Crippen LogP contribution in [0.4, 0.5) is 52.7 Å². The molecule has 0 saturated heterocycles. The highest BCUT2D eigenvalue weighted by Gasteiger charge is 2.55. The number of fused-ring (bicyclic) bond motifs is 2. The number of nitrogens with zero attached hydrogens (tertiary/aromatic N) is 4. The minimum Gasteiger partial charge on any atom is -0.457 e. The van der Waals surface area contributed by atoms with Crippen LogP contribution in [0.3, 0.4) is 0 Å². The van der Waals surface area contributed by atoms with E-state index in [1.807, 2.05) is 0 Å². The number of ether oxygens (including phenoxy) is 2. The molecule has 2 N–H and O–H groups in total. The van der Waals surface area contributed by atoms with Crippen LogP contribution in [-0.4, -0.2) is 54.6 Å². The van der Waals surface area contributed by atoms with E-state index in [1.54, 1.807) is 12.1 Å². The SMILES string of the molecule is C=CCN=S(=O)(c1ccc(Oc2cc(F)cc(C#N)c2)c2c1[C@H](O)C(F)(F)C2)C(F)(F)F.C=CCN=S(=O)(c1ccc(Oc2cc(F)cc(C#N)c2)c2c1[C@H](O)C(F)(F)C2)C(F)(F)F. The van der Waals surface area contributed by atoms with Crippen molar-refractivity contribution in [3.63, 3.8) is 0 Å². The van der Waals surface area contributed by atoms with Crippen LogP contribution < -0.4 is 9.47 Å². The zero-order chi connectivity index (χ0) is 47.8. The summed E-state index contributed by atoms with van der Waals surface area (Å²) in [7, 11) is -10.5. The first-order valence-electron chi connectivity index (χ1n) is 17.7. The molecular weight excluding hydrogens is 925 g/mol. The van der Waals surface area contributed by atoms with Gasteiger partial charge in [-0.1, -0.05) is 12.2 Å². The Labute approximate surface area is 355 Å². The Morgan fingerprint density at radius 3 is 1.31 bits per heavy atom. The molecule has 340 valence electrons. The van der Waals surface area contributed by atoms with Gasteiger partial charge < -0.3 is 19.7 Å². The number of aliphatic hydroxyl groups excluding tert-OH is 2. The number of hydrogen-bond acceptors (Lipinski definition) is 10. The Morgan fingerprint density at radius 1 is 0.672 bits per heavy atom. The monoisotopic (exact) mass is 952 g/mol. The van der Waals surface area contributed by atoms with E-state index >= 15 is 0 Å². The van der Waals surface area contributed by atoms with Gasteiger partial charge >= 0.3 is 11.0 Å². The molecule has 4 atom stereocenters. The highest BCUT2D eigenvalue weighted by Crippen LogP contribution is 2.53. The molecule has 0 aromatic heterocycles. The Kier molecular flexibility index (Phi) is 13.6. The van der Waals surface area contributed by atoms with Gasteiger partial charge in [0.1, 0.15) is 46.8 Å². The van der Waals surface area contributed by atoms with Crippen molar-refractivity contribution in [1.29, 1.82) is 10.5 Å². The number of nitriles is 2. The fraction of sp³-hybridized carbons (Fsp3) is 0.250. The molecule has 6 rings (SSSR count). The van der Waals surface area contributed by atoms with E-state index in [0.717, 1.165) is 60.7 Å². The van der Waals surface area contributed by atoms with Gasteiger partial charge in [0.05, 0.1) is 46.1 Å². The van der Waals surface area contributed by atoms with Crippen LogP contribution in [0.2, 0.25) is 0 Å². The summed E-state index contributed by atoms with van der Waals surface area (Å²) in [4.78, 5) is -2.23. The molecule has 2 aliphatic rings. The first kappa shape index (κ1) is 48.9. The lowest BCUT2D eigenvalue weighted by Gasteiger charge is -2.20. The molecule has 2 aliphatic carbocycles. The van der Waals surface area contributed by atoms with Crippen molar-refractivity contribution in [3.05, 3.63) is 131 Å². The lowest BCUT2D eigenvalue weighted by Crippen LogP contribution is -2.27. The second-order valence-corrected chi connectivity index (χ2v) is 17.9. The molecule has 0 bridgehead atoms. The number of benzene rings is 4. The number of rotatable bonds is 10. The molecule has 0 amide bonds. The fourth-order valence-electron chi connectivity index (χ4n) is 6.45. The molecule has 4 aromatic rings. The lowest BCUT2D eigenvalue weighted by atomic mass is 10.1. The highest BCUT2D eigenvalue weighted by atomic mass is 32.2. The van der Waals surface area contributed by atoms with Crippen LogP contribution in [-0.2, 0) is 32.3 Å². The third-order valence-electron chi connectivity index (χ3n) is 9.17. The van der Waals surface area contributed by atoms with Crippen molar-refractivity contribution in [2.45, 2.75) is 57.7 Å². The van der Waals surface area contributed by atoms with Gasteiger partial charge in [0.2, 0.25) is 0 Å². The summed E-state index contributed by atoms with van der Waals surface area (Å²) in [6.45, 7) is 5.04.